The van der Waals surface area contributed by atoms with Crippen molar-refractivity contribution in [3.8, 4) is 0 Å². The van der Waals surface area contributed by atoms with Crippen molar-refractivity contribution >= 4 is 27.8 Å². The highest BCUT2D eigenvalue weighted by Gasteiger charge is 2.40. The summed E-state index contributed by atoms with van der Waals surface area (Å²) in [6.07, 6.45) is 3.58. The molecule has 0 spiro atoms. The number of pyridine rings is 1. The van der Waals surface area contributed by atoms with Gasteiger partial charge in [-0.15, -0.1) is 0 Å². The van der Waals surface area contributed by atoms with Crippen molar-refractivity contribution in [2.24, 2.45) is 0 Å². The number of rotatable bonds is 1. The number of hydrogen-bond acceptors (Lipinski definition) is 4. The Bertz CT molecular complexity index is 661. The first-order chi connectivity index (χ1) is 11.6. The van der Waals surface area contributed by atoms with Gasteiger partial charge in [-0.25, -0.2) is 9.78 Å². The first-order valence-corrected chi connectivity index (χ1v) is 9.77. The Morgan fingerprint density at radius 2 is 1.96 bits per heavy atom. The number of likely N-dealkylation sites (tertiary alicyclic amines) is 1. The molecular formula is C19H28BrN3O2. The highest BCUT2D eigenvalue weighted by atomic mass is 79.9. The molecule has 25 heavy (non-hydrogen) atoms. The van der Waals surface area contributed by atoms with Crippen LogP contribution in [0, 0.1) is 0 Å². The molecule has 0 radical (unpaired) electrons. The smallest absolute Gasteiger partial charge is 0.410 e. The number of piperidine rings is 1. The van der Waals surface area contributed by atoms with Crippen molar-refractivity contribution in [2.75, 3.05) is 24.5 Å². The van der Waals surface area contributed by atoms with Gasteiger partial charge in [0.15, 0.2) is 0 Å². The van der Waals surface area contributed by atoms with Crippen LogP contribution >= 0.6 is 15.9 Å². The number of carbonyl (C=O) groups excluding carboxylic acids is 1. The van der Waals surface area contributed by atoms with E-state index in [1.54, 1.807) is 0 Å². The maximum Gasteiger partial charge on any atom is 0.410 e. The molecule has 0 aromatic carbocycles. The van der Waals surface area contributed by atoms with Crippen LogP contribution in [0.15, 0.2) is 16.7 Å². The van der Waals surface area contributed by atoms with E-state index in [1.165, 1.54) is 5.56 Å². The second-order valence-corrected chi connectivity index (χ2v) is 9.65. The van der Waals surface area contributed by atoms with Crippen LogP contribution in [0.1, 0.15) is 53.0 Å². The molecule has 0 saturated carbocycles. The zero-order valence-electron chi connectivity index (χ0n) is 15.8. The normalized spacial score (nSPS) is 20.6. The third kappa shape index (κ3) is 3.94. The number of fused-ring (bicyclic) bond motifs is 1. The molecule has 2 aliphatic heterocycles. The number of anilines is 1. The minimum Gasteiger partial charge on any atom is -0.444 e. The third-order valence-electron chi connectivity index (χ3n) is 4.96. The first-order valence-electron chi connectivity index (χ1n) is 8.97. The van der Waals surface area contributed by atoms with Gasteiger partial charge in [0.1, 0.15) is 11.4 Å². The first kappa shape index (κ1) is 18.5. The molecule has 0 N–H and O–H groups in total. The molecule has 0 aliphatic carbocycles. The summed E-state index contributed by atoms with van der Waals surface area (Å²) in [5.41, 5.74) is 0.953. The molecule has 1 aromatic rings. The lowest BCUT2D eigenvalue weighted by atomic mass is 9.88. The summed E-state index contributed by atoms with van der Waals surface area (Å²) in [5.74, 6) is 1.10. The van der Waals surface area contributed by atoms with E-state index < -0.39 is 5.60 Å². The van der Waals surface area contributed by atoms with E-state index in [-0.39, 0.29) is 11.5 Å². The van der Waals surface area contributed by atoms with Gasteiger partial charge in [-0.05, 0) is 55.6 Å². The molecule has 5 nitrogen and oxygen atoms in total. The SMILES string of the molecule is CC(C)(C)OC(=O)N1CCC(N2CC(C)(C)c3cc(Br)cnc32)CC1. The molecule has 1 aromatic heterocycles. The van der Waals surface area contributed by atoms with Crippen LogP contribution in [0.25, 0.3) is 0 Å². The Hall–Kier alpha value is -1.30. The number of halogens is 1. The second kappa shape index (κ2) is 6.45. The fourth-order valence-electron chi connectivity index (χ4n) is 3.73. The number of amides is 1. The summed E-state index contributed by atoms with van der Waals surface area (Å²) in [4.78, 5) is 21.2. The van der Waals surface area contributed by atoms with Crippen LogP contribution in [0.2, 0.25) is 0 Å². The summed E-state index contributed by atoms with van der Waals surface area (Å²) in [6, 6.07) is 2.62. The molecule has 3 rings (SSSR count). The predicted octanol–water partition coefficient (Wildman–Crippen LogP) is 4.34. The molecule has 3 heterocycles. The van der Waals surface area contributed by atoms with Gasteiger partial charge < -0.3 is 14.5 Å². The highest BCUT2D eigenvalue weighted by molar-refractivity contribution is 9.10. The largest absolute Gasteiger partial charge is 0.444 e. The van der Waals surface area contributed by atoms with Crippen LogP contribution < -0.4 is 4.90 Å². The Labute approximate surface area is 158 Å². The van der Waals surface area contributed by atoms with Gasteiger partial charge in [0, 0.05) is 47.3 Å². The average Bonchev–Trinajstić information content (AvgIpc) is 2.77. The number of hydrogen-bond donors (Lipinski definition) is 0. The fraction of sp³-hybridized carbons (Fsp3) is 0.684. The van der Waals surface area contributed by atoms with Crippen LogP contribution in [0.5, 0.6) is 0 Å². The fourth-order valence-corrected chi connectivity index (χ4v) is 4.06. The standard InChI is InChI=1S/C19H28BrN3O2/c1-18(2,3)25-17(24)22-8-6-14(7-9-22)23-12-19(4,5)15-10-13(20)11-21-16(15)23/h10-11,14H,6-9,12H2,1-5H3. The lowest BCUT2D eigenvalue weighted by Crippen LogP contribution is -2.48. The quantitative estimate of drug-likeness (QED) is 0.691. The molecule has 2 aliphatic rings. The van der Waals surface area contributed by atoms with Gasteiger partial charge in [0.2, 0.25) is 0 Å². The Morgan fingerprint density at radius 1 is 1.32 bits per heavy atom. The number of ether oxygens (including phenoxy) is 1. The summed E-state index contributed by atoms with van der Waals surface area (Å²) in [7, 11) is 0. The predicted molar refractivity (Wildman–Crippen MR) is 103 cm³/mol. The van der Waals surface area contributed by atoms with E-state index in [0.29, 0.717) is 6.04 Å². The van der Waals surface area contributed by atoms with E-state index >= 15 is 0 Å². The van der Waals surface area contributed by atoms with Crippen molar-refractivity contribution in [3.05, 3.63) is 22.3 Å². The minimum atomic E-state index is -0.441. The number of nitrogens with zero attached hydrogens (tertiary/aromatic N) is 3. The third-order valence-corrected chi connectivity index (χ3v) is 5.39. The van der Waals surface area contributed by atoms with E-state index in [9.17, 15) is 4.79 Å². The molecule has 0 atom stereocenters. The molecule has 1 saturated heterocycles. The molecule has 0 unspecified atom stereocenters. The van der Waals surface area contributed by atoms with E-state index in [1.807, 2.05) is 31.9 Å². The molecule has 138 valence electrons. The monoisotopic (exact) mass is 409 g/mol. The summed E-state index contributed by atoms with van der Waals surface area (Å²) >= 11 is 3.54. The van der Waals surface area contributed by atoms with Crippen molar-refractivity contribution < 1.29 is 9.53 Å². The molecule has 6 heteroatoms. The maximum atomic E-state index is 12.3. The zero-order valence-corrected chi connectivity index (χ0v) is 17.4. The van der Waals surface area contributed by atoms with E-state index in [4.69, 9.17) is 4.74 Å². The second-order valence-electron chi connectivity index (χ2n) is 8.74. The van der Waals surface area contributed by atoms with Crippen molar-refractivity contribution in [3.63, 3.8) is 0 Å². The van der Waals surface area contributed by atoms with Crippen LogP contribution in [-0.2, 0) is 10.2 Å². The van der Waals surface area contributed by atoms with E-state index in [0.717, 1.165) is 42.8 Å². The Balaban J connectivity index is 1.68. The van der Waals surface area contributed by atoms with E-state index in [2.05, 4.69) is 45.7 Å². The number of carbonyl (C=O) groups is 1. The molecule has 1 amide bonds. The van der Waals surface area contributed by atoms with Gasteiger partial charge in [-0.2, -0.15) is 0 Å². The molecular weight excluding hydrogens is 382 g/mol. The van der Waals surface area contributed by atoms with Gasteiger partial charge in [-0.1, -0.05) is 13.8 Å². The van der Waals surface area contributed by atoms with Crippen LogP contribution in [0.4, 0.5) is 10.6 Å². The zero-order chi connectivity index (χ0) is 18.4. The maximum absolute atomic E-state index is 12.3. The van der Waals surface area contributed by atoms with Gasteiger partial charge in [0.25, 0.3) is 0 Å². The summed E-state index contributed by atoms with van der Waals surface area (Å²) in [5, 5.41) is 0. The van der Waals surface area contributed by atoms with Crippen molar-refractivity contribution in [2.45, 2.75) is 64.5 Å². The van der Waals surface area contributed by atoms with Crippen molar-refractivity contribution in [1.82, 2.24) is 9.88 Å². The average molecular weight is 410 g/mol. The molecule has 0 bridgehead atoms. The lowest BCUT2D eigenvalue weighted by molar-refractivity contribution is 0.0204. The highest BCUT2D eigenvalue weighted by Crippen LogP contribution is 2.42. The van der Waals surface area contributed by atoms with Gasteiger partial charge >= 0.3 is 6.09 Å². The summed E-state index contributed by atoms with van der Waals surface area (Å²) in [6.45, 7) is 12.7. The minimum absolute atomic E-state index is 0.0917. The topological polar surface area (TPSA) is 45.7 Å². The summed E-state index contributed by atoms with van der Waals surface area (Å²) < 4.78 is 6.52. The Morgan fingerprint density at radius 3 is 2.56 bits per heavy atom. The lowest BCUT2D eigenvalue weighted by Gasteiger charge is -2.38. The molecule has 1 fully saturated rings. The van der Waals surface area contributed by atoms with Crippen LogP contribution in [0.3, 0.4) is 0 Å². The van der Waals surface area contributed by atoms with Crippen LogP contribution in [-0.4, -0.2) is 47.3 Å². The Kier molecular flexibility index (Phi) is 4.77. The van der Waals surface area contributed by atoms with Crippen molar-refractivity contribution in [1.29, 1.82) is 0 Å². The van der Waals surface area contributed by atoms with Gasteiger partial charge in [-0.3, -0.25) is 0 Å². The number of aromatic nitrogens is 1. The van der Waals surface area contributed by atoms with Gasteiger partial charge in [0.05, 0.1) is 0 Å².